The second kappa shape index (κ2) is 8.41. The number of hydrogen-bond acceptors (Lipinski definition) is 6. The van der Waals surface area contributed by atoms with E-state index in [0.29, 0.717) is 5.56 Å². The molecule has 9 heteroatoms. The molecule has 0 aliphatic carbocycles. The van der Waals surface area contributed by atoms with Crippen LogP contribution >= 0.6 is 11.6 Å². The molecule has 0 unspecified atom stereocenters. The summed E-state index contributed by atoms with van der Waals surface area (Å²) in [6, 6.07) is 8.36. The van der Waals surface area contributed by atoms with Crippen molar-refractivity contribution in [1.82, 2.24) is 0 Å². The molecule has 2 aromatic carbocycles. The molecule has 0 saturated heterocycles. The van der Waals surface area contributed by atoms with Gasteiger partial charge in [0.2, 0.25) is 0 Å². The predicted octanol–water partition coefficient (Wildman–Crippen LogP) is 3.41. The van der Waals surface area contributed by atoms with E-state index in [2.05, 4.69) is 9.46 Å². The number of nitrogens with one attached hydrogen (secondary N) is 1. The first kappa shape index (κ1) is 20.7. The Morgan fingerprint density at radius 2 is 1.85 bits per heavy atom. The van der Waals surface area contributed by atoms with E-state index in [-0.39, 0.29) is 33.3 Å². The van der Waals surface area contributed by atoms with Gasteiger partial charge in [-0.1, -0.05) is 17.7 Å². The van der Waals surface area contributed by atoms with Crippen molar-refractivity contribution in [2.24, 2.45) is 0 Å². The van der Waals surface area contributed by atoms with Crippen LogP contribution < -0.4 is 4.72 Å². The van der Waals surface area contributed by atoms with Gasteiger partial charge in [0.05, 0.1) is 35.6 Å². The molecule has 0 radical (unpaired) electrons. The van der Waals surface area contributed by atoms with Crippen molar-refractivity contribution in [1.29, 1.82) is 0 Å². The van der Waals surface area contributed by atoms with Crippen molar-refractivity contribution in [3.63, 3.8) is 0 Å². The van der Waals surface area contributed by atoms with Crippen LogP contribution in [0.4, 0.5) is 5.69 Å². The molecule has 0 aliphatic rings. The first-order valence-electron chi connectivity index (χ1n) is 7.88. The second-order valence-electron chi connectivity index (χ2n) is 5.44. The quantitative estimate of drug-likeness (QED) is 0.731. The van der Waals surface area contributed by atoms with E-state index in [4.69, 9.17) is 16.3 Å². The van der Waals surface area contributed by atoms with E-state index in [1.54, 1.807) is 13.8 Å². The summed E-state index contributed by atoms with van der Waals surface area (Å²) in [5.74, 6) is -1.25. The van der Waals surface area contributed by atoms with Gasteiger partial charge in [-0.25, -0.2) is 18.0 Å². The summed E-state index contributed by atoms with van der Waals surface area (Å²) in [4.78, 5) is 23.4. The third-order valence-electron chi connectivity index (χ3n) is 3.72. The van der Waals surface area contributed by atoms with Crippen molar-refractivity contribution in [3.05, 3.63) is 58.1 Å². The number of carbonyl (C=O) groups excluding carboxylic acids is 2. The SMILES string of the molecule is CCOC(=O)c1cccc(NS(=O)(=O)c2cc(C(=O)OC)ccc2Cl)c1C. The highest BCUT2D eigenvalue weighted by Gasteiger charge is 2.22. The largest absolute Gasteiger partial charge is 0.465 e. The summed E-state index contributed by atoms with van der Waals surface area (Å²) in [5.41, 5.74) is 0.880. The summed E-state index contributed by atoms with van der Waals surface area (Å²) in [6.45, 7) is 3.47. The Balaban J connectivity index is 2.44. The number of benzene rings is 2. The molecule has 144 valence electrons. The molecular weight excluding hydrogens is 394 g/mol. The van der Waals surface area contributed by atoms with Gasteiger partial charge in [0.15, 0.2) is 0 Å². The lowest BCUT2D eigenvalue weighted by molar-refractivity contribution is 0.0524. The zero-order chi connectivity index (χ0) is 20.2. The average molecular weight is 412 g/mol. The molecule has 0 heterocycles. The number of sulfonamides is 1. The summed E-state index contributed by atoms with van der Waals surface area (Å²) >= 11 is 6.01. The van der Waals surface area contributed by atoms with Crippen LogP contribution in [0.3, 0.4) is 0 Å². The fraction of sp³-hybridized carbons (Fsp3) is 0.222. The molecular formula is C18H18ClNO6S. The van der Waals surface area contributed by atoms with E-state index >= 15 is 0 Å². The average Bonchev–Trinajstić information content (AvgIpc) is 2.63. The summed E-state index contributed by atoms with van der Waals surface area (Å²) < 4.78 is 37.5. The van der Waals surface area contributed by atoms with E-state index in [1.165, 1.54) is 37.4 Å². The second-order valence-corrected chi connectivity index (χ2v) is 7.50. The molecule has 0 aliphatic heterocycles. The highest BCUT2D eigenvalue weighted by molar-refractivity contribution is 7.92. The van der Waals surface area contributed by atoms with Crippen LogP contribution in [0, 0.1) is 6.92 Å². The fourth-order valence-corrected chi connectivity index (χ4v) is 3.98. The maximum Gasteiger partial charge on any atom is 0.338 e. The number of anilines is 1. The molecule has 0 spiro atoms. The zero-order valence-electron chi connectivity index (χ0n) is 14.9. The molecule has 0 atom stereocenters. The molecule has 27 heavy (non-hydrogen) atoms. The molecule has 1 N–H and O–H groups in total. The van der Waals surface area contributed by atoms with Crippen molar-refractivity contribution in [2.75, 3.05) is 18.4 Å². The molecule has 7 nitrogen and oxygen atoms in total. The Morgan fingerprint density at radius 1 is 1.15 bits per heavy atom. The highest BCUT2D eigenvalue weighted by atomic mass is 35.5. The van der Waals surface area contributed by atoms with Gasteiger partial charge in [0.25, 0.3) is 10.0 Å². The number of hydrogen-bond donors (Lipinski definition) is 1. The van der Waals surface area contributed by atoms with Crippen molar-refractivity contribution < 1.29 is 27.5 Å². The van der Waals surface area contributed by atoms with E-state index in [9.17, 15) is 18.0 Å². The first-order chi connectivity index (χ1) is 12.7. The molecule has 0 amide bonds. The lowest BCUT2D eigenvalue weighted by Crippen LogP contribution is -2.16. The van der Waals surface area contributed by atoms with Crippen LogP contribution in [0.5, 0.6) is 0 Å². The van der Waals surface area contributed by atoms with E-state index in [0.717, 1.165) is 6.07 Å². The van der Waals surface area contributed by atoms with Gasteiger partial charge >= 0.3 is 11.9 Å². The third kappa shape index (κ3) is 4.58. The topological polar surface area (TPSA) is 98.8 Å². The molecule has 0 fully saturated rings. The van der Waals surface area contributed by atoms with Gasteiger partial charge in [0.1, 0.15) is 4.90 Å². The van der Waals surface area contributed by atoms with E-state index in [1.807, 2.05) is 0 Å². The van der Waals surface area contributed by atoms with Crippen LogP contribution in [0.15, 0.2) is 41.3 Å². The maximum atomic E-state index is 12.8. The molecule has 0 bridgehead atoms. The van der Waals surface area contributed by atoms with Crippen molar-refractivity contribution in [3.8, 4) is 0 Å². The standard InChI is InChI=1S/C18H18ClNO6S/c1-4-26-18(22)13-6-5-7-15(11(13)2)20-27(23,24)16-10-12(17(21)25-3)8-9-14(16)19/h5-10,20H,4H2,1-3H3. The van der Waals surface area contributed by atoms with Crippen molar-refractivity contribution >= 4 is 39.3 Å². The Labute approximate surface area is 162 Å². The number of rotatable bonds is 6. The number of esters is 2. The van der Waals surface area contributed by atoms with E-state index < -0.39 is 22.0 Å². The Bertz CT molecular complexity index is 987. The Kier molecular flexibility index (Phi) is 6.45. The van der Waals surface area contributed by atoms with Crippen LogP contribution in [0.25, 0.3) is 0 Å². The number of ether oxygens (including phenoxy) is 2. The lowest BCUT2D eigenvalue weighted by atomic mass is 10.1. The van der Waals surface area contributed by atoms with Gasteiger partial charge in [-0.05, 0) is 49.7 Å². The zero-order valence-corrected chi connectivity index (χ0v) is 16.5. The van der Waals surface area contributed by atoms with Gasteiger partial charge in [0, 0.05) is 0 Å². The van der Waals surface area contributed by atoms with Gasteiger partial charge in [-0.3, -0.25) is 4.72 Å². The molecule has 0 aromatic heterocycles. The molecule has 2 aromatic rings. The lowest BCUT2D eigenvalue weighted by Gasteiger charge is -2.14. The fourth-order valence-electron chi connectivity index (χ4n) is 2.33. The highest BCUT2D eigenvalue weighted by Crippen LogP contribution is 2.27. The summed E-state index contributed by atoms with van der Waals surface area (Å²) in [6.07, 6.45) is 0. The number of carbonyl (C=O) groups is 2. The van der Waals surface area contributed by atoms with Crippen molar-refractivity contribution in [2.45, 2.75) is 18.7 Å². The van der Waals surface area contributed by atoms with Gasteiger partial charge in [-0.2, -0.15) is 0 Å². The van der Waals surface area contributed by atoms with Gasteiger partial charge < -0.3 is 9.47 Å². The Hall–Kier alpha value is -2.58. The van der Waals surface area contributed by atoms with Crippen LogP contribution in [0.2, 0.25) is 5.02 Å². The van der Waals surface area contributed by atoms with Crippen LogP contribution in [-0.2, 0) is 19.5 Å². The summed E-state index contributed by atoms with van der Waals surface area (Å²) in [7, 11) is -2.94. The first-order valence-corrected chi connectivity index (χ1v) is 9.74. The number of halogens is 1. The van der Waals surface area contributed by atoms with Crippen LogP contribution in [-0.4, -0.2) is 34.1 Å². The smallest absolute Gasteiger partial charge is 0.338 e. The van der Waals surface area contributed by atoms with Crippen LogP contribution in [0.1, 0.15) is 33.2 Å². The predicted molar refractivity (Wildman–Crippen MR) is 101 cm³/mol. The normalized spacial score (nSPS) is 11.0. The monoisotopic (exact) mass is 411 g/mol. The van der Waals surface area contributed by atoms with Gasteiger partial charge in [-0.15, -0.1) is 0 Å². The number of methoxy groups -OCH3 is 1. The molecule has 2 rings (SSSR count). The minimum absolute atomic E-state index is 0.0410. The minimum atomic E-state index is -4.13. The Morgan fingerprint density at radius 3 is 2.48 bits per heavy atom. The summed E-state index contributed by atoms with van der Waals surface area (Å²) in [5, 5.41) is -0.0608. The third-order valence-corrected chi connectivity index (χ3v) is 5.56. The minimum Gasteiger partial charge on any atom is -0.465 e. The maximum absolute atomic E-state index is 12.8. The molecule has 0 saturated carbocycles.